The number of rotatable bonds is 4. The smallest absolute Gasteiger partial charge is 0.233 e. The van der Waals surface area contributed by atoms with Gasteiger partial charge in [-0.05, 0) is 31.8 Å². The van der Waals surface area contributed by atoms with Crippen LogP contribution in [0.25, 0.3) is 0 Å². The molecule has 2 rings (SSSR count). The molecule has 1 saturated heterocycles. The summed E-state index contributed by atoms with van der Waals surface area (Å²) in [6.45, 7) is 1.75. The summed E-state index contributed by atoms with van der Waals surface area (Å²) in [5, 5.41) is 6.63. The Balaban J connectivity index is 1.92. The second-order valence-corrected chi connectivity index (χ2v) is 5.78. The molecule has 1 aromatic heterocycles. The fraction of sp³-hybridized carbons (Fsp3) is 0.667. The number of nitrogens with zero attached hydrogens (tertiary/aromatic N) is 1. The zero-order chi connectivity index (χ0) is 11.4. The highest BCUT2D eigenvalue weighted by Gasteiger charge is 2.21. The lowest BCUT2D eigenvalue weighted by Gasteiger charge is -2.22. The fourth-order valence-corrected chi connectivity index (χ4v) is 3.30. The molecule has 0 radical (unpaired) electrons. The molecule has 1 fully saturated rings. The zero-order valence-electron chi connectivity index (χ0n) is 8.85. The highest BCUT2D eigenvalue weighted by atomic mass is 32.2. The predicted octanol–water partition coefficient (Wildman–Crippen LogP) is 0.416. The van der Waals surface area contributed by atoms with Crippen molar-refractivity contribution in [2.45, 2.75) is 12.8 Å². The van der Waals surface area contributed by atoms with Gasteiger partial charge in [0.15, 0.2) is 0 Å². The monoisotopic (exact) mass is 245 g/mol. The summed E-state index contributed by atoms with van der Waals surface area (Å²) in [5.41, 5.74) is 0.378. The molecule has 0 aliphatic carbocycles. The highest BCUT2D eigenvalue weighted by molar-refractivity contribution is 7.92. The van der Waals surface area contributed by atoms with Gasteiger partial charge in [0, 0.05) is 0 Å². The number of nitrogens with one attached hydrogen (secondary N) is 2. The average molecular weight is 245 g/mol. The van der Waals surface area contributed by atoms with Crippen LogP contribution in [0.3, 0.4) is 0 Å². The van der Waals surface area contributed by atoms with E-state index in [0.29, 0.717) is 5.69 Å². The standard InChI is InChI=1S/C9H15N3O3S/c13-16(14,12-9-5-11-15-6-9)7-8-2-1-3-10-4-8/h5-6,8,10,12H,1-4,7H2. The molecule has 0 spiro atoms. The molecule has 0 amide bonds. The van der Waals surface area contributed by atoms with Crippen LogP contribution < -0.4 is 10.0 Å². The molecule has 1 atom stereocenters. The van der Waals surface area contributed by atoms with Gasteiger partial charge in [-0.1, -0.05) is 5.16 Å². The molecular weight excluding hydrogens is 230 g/mol. The number of hydrogen-bond donors (Lipinski definition) is 2. The summed E-state index contributed by atoms with van der Waals surface area (Å²) < 4.78 is 30.5. The van der Waals surface area contributed by atoms with Crippen molar-refractivity contribution in [2.75, 3.05) is 23.6 Å². The fourth-order valence-electron chi connectivity index (χ4n) is 1.85. The lowest BCUT2D eigenvalue weighted by molar-refractivity contribution is 0.404. The maximum absolute atomic E-state index is 11.8. The molecule has 7 heteroatoms. The molecule has 90 valence electrons. The van der Waals surface area contributed by atoms with Crippen LogP contribution in [-0.4, -0.2) is 32.4 Å². The van der Waals surface area contributed by atoms with Crippen LogP contribution in [0.2, 0.25) is 0 Å². The van der Waals surface area contributed by atoms with Gasteiger partial charge in [0.1, 0.15) is 12.0 Å². The Morgan fingerprint density at radius 3 is 3.12 bits per heavy atom. The van der Waals surface area contributed by atoms with Crippen LogP contribution in [0.5, 0.6) is 0 Å². The molecule has 1 aliphatic heterocycles. The van der Waals surface area contributed by atoms with E-state index in [1.165, 1.54) is 12.5 Å². The van der Waals surface area contributed by atoms with Crippen LogP contribution in [0, 0.1) is 5.92 Å². The number of sulfonamides is 1. The minimum absolute atomic E-state index is 0.144. The number of hydrogen-bond acceptors (Lipinski definition) is 5. The molecule has 1 unspecified atom stereocenters. The summed E-state index contributed by atoms with van der Waals surface area (Å²) in [7, 11) is -3.29. The van der Waals surface area contributed by atoms with Crippen molar-refractivity contribution in [2.24, 2.45) is 5.92 Å². The Hall–Kier alpha value is -1.08. The third kappa shape index (κ3) is 3.21. The van der Waals surface area contributed by atoms with E-state index in [0.717, 1.165) is 25.9 Å². The summed E-state index contributed by atoms with van der Waals surface area (Å²) in [4.78, 5) is 0. The maximum atomic E-state index is 11.8. The molecule has 2 heterocycles. The van der Waals surface area contributed by atoms with Crippen LogP contribution >= 0.6 is 0 Å². The van der Waals surface area contributed by atoms with E-state index in [-0.39, 0.29) is 11.7 Å². The second kappa shape index (κ2) is 4.84. The van der Waals surface area contributed by atoms with Crippen molar-refractivity contribution in [3.05, 3.63) is 12.5 Å². The lowest BCUT2D eigenvalue weighted by Crippen LogP contribution is -2.35. The molecule has 0 bridgehead atoms. The Morgan fingerprint density at radius 1 is 1.62 bits per heavy atom. The first kappa shape index (κ1) is 11.4. The lowest BCUT2D eigenvalue weighted by atomic mass is 10.0. The van der Waals surface area contributed by atoms with Crippen LogP contribution in [0.15, 0.2) is 17.0 Å². The Kier molecular flexibility index (Phi) is 3.45. The van der Waals surface area contributed by atoms with E-state index in [1.54, 1.807) is 0 Å². The summed E-state index contributed by atoms with van der Waals surface area (Å²) in [6.07, 6.45) is 4.61. The van der Waals surface area contributed by atoms with Crippen molar-refractivity contribution >= 4 is 15.7 Å². The first-order chi connectivity index (χ1) is 7.66. The molecule has 6 nitrogen and oxygen atoms in total. The quantitative estimate of drug-likeness (QED) is 0.803. The van der Waals surface area contributed by atoms with E-state index in [4.69, 9.17) is 0 Å². The van der Waals surface area contributed by atoms with E-state index in [9.17, 15) is 8.42 Å². The van der Waals surface area contributed by atoms with E-state index in [2.05, 4.69) is 19.7 Å². The summed E-state index contributed by atoms with van der Waals surface area (Å²) >= 11 is 0. The number of aromatic nitrogens is 1. The number of piperidine rings is 1. The Bertz CT molecular complexity index is 409. The molecule has 0 saturated carbocycles. The molecule has 2 N–H and O–H groups in total. The van der Waals surface area contributed by atoms with Crippen molar-refractivity contribution in [3.8, 4) is 0 Å². The van der Waals surface area contributed by atoms with Gasteiger partial charge in [0.05, 0.1) is 11.9 Å². The second-order valence-electron chi connectivity index (χ2n) is 4.01. The Morgan fingerprint density at radius 2 is 2.50 bits per heavy atom. The summed E-state index contributed by atoms with van der Waals surface area (Å²) in [6, 6.07) is 0. The first-order valence-electron chi connectivity index (χ1n) is 5.26. The van der Waals surface area contributed by atoms with Crippen molar-refractivity contribution in [1.29, 1.82) is 0 Å². The van der Waals surface area contributed by atoms with Crippen LogP contribution in [0.1, 0.15) is 12.8 Å². The van der Waals surface area contributed by atoms with E-state index in [1.807, 2.05) is 0 Å². The van der Waals surface area contributed by atoms with Crippen LogP contribution in [-0.2, 0) is 10.0 Å². The van der Waals surface area contributed by atoms with Crippen molar-refractivity contribution in [3.63, 3.8) is 0 Å². The minimum Gasteiger partial charge on any atom is -0.362 e. The number of anilines is 1. The zero-order valence-corrected chi connectivity index (χ0v) is 9.66. The maximum Gasteiger partial charge on any atom is 0.233 e. The summed E-state index contributed by atoms with van der Waals surface area (Å²) in [5.74, 6) is 0.330. The molecule has 0 aromatic carbocycles. The van der Waals surface area contributed by atoms with Crippen molar-refractivity contribution in [1.82, 2.24) is 10.5 Å². The third-order valence-corrected chi connectivity index (χ3v) is 4.02. The van der Waals surface area contributed by atoms with E-state index < -0.39 is 10.0 Å². The normalized spacial score (nSPS) is 21.9. The predicted molar refractivity (Wildman–Crippen MR) is 59.5 cm³/mol. The van der Waals surface area contributed by atoms with Gasteiger partial charge >= 0.3 is 0 Å². The van der Waals surface area contributed by atoms with E-state index >= 15 is 0 Å². The van der Waals surface area contributed by atoms with Gasteiger partial charge in [-0.2, -0.15) is 0 Å². The first-order valence-corrected chi connectivity index (χ1v) is 6.91. The molecule has 16 heavy (non-hydrogen) atoms. The topological polar surface area (TPSA) is 84.2 Å². The SMILES string of the molecule is O=S(=O)(CC1CCCNC1)Nc1cnoc1. The van der Waals surface area contributed by atoms with Gasteiger partial charge in [-0.3, -0.25) is 4.72 Å². The highest BCUT2D eigenvalue weighted by Crippen LogP contribution is 2.14. The Labute approximate surface area is 94.4 Å². The average Bonchev–Trinajstić information content (AvgIpc) is 2.70. The largest absolute Gasteiger partial charge is 0.362 e. The van der Waals surface area contributed by atoms with Gasteiger partial charge in [0.2, 0.25) is 10.0 Å². The van der Waals surface area contributed by atoms with Crippen LogP contribution in [0.4, 0.5) is 5.69 Å². The van der Waals surface area contributed by atoms with Gasteiger partial charge in [-0.15, -0.1) is 0 Å². The van der Waals surface area contributed by atoms with Gasteiger partial charge in [0.25, 0.3) is 0 Å². The van der Waals surface area contributed by atoms with Crippen molar-refractivity contribution < 1.29 is 12.9 Å². The molecule has 1 aromatic rings. The van der Waals surface area contributed by atoms with Gasteiger partial charge < -0.3 is 9.84 Å². The molecule has 1 aliphatic rings. The molecular formula is C9H15N3O3S. The minimum atomic E-state index is -3.29. The van der Waals surface area contributed by atoms with Gasteiger partial charge in [-0.25, -0.2) is 8.42 Å². The third-order valence-electron chi connectivity index (χ3n) is 2.56.